The van der Waals surface area contributed by atoms with E-state index in [1.165, 1.54) is 0 Å². The third-order valence-corrected chi connectivity index (χ3v) is 2.92. The first-order valence-corrected chi connectivity index (χ1v) is 6.41. The van der Waals surface area contributed by atoms with Gasteiger partial charge >= 0.3 is 6.03 Å². The number of carbonyl (C=O) groups excluding carboxylic acids is 1. The fourth-order valence-corrected chi connectivity index (χ4v) is 1.96. The first kappa shape index (κ1) is 13.1. The lowest BCUT2D eigenvalue weighted by atomic mass is 10.1. The molecule has 0 aliphatic rings. The fourth-order valence-electron chi connectivity index (χ4n) is 1.96. The van der Waals surface area contributed by atoms with Gasteiger partial charge in [-0.25, -0.2) is 4.79 Å². The van der Waals surface area contributed by atoms with Gasteiger partial charge in [0.2, 0.25) is 0 Å². The first-order valence-electron chi connectivity index (χ1n) is 6.41. The first-order chi connectivity index (χ1) is 9.19. The molecule has 0 heterocycles. The van der Waals surface area contributed by atoms with E-state index in [4.69, 9.17) is 0 Å². The monoisotopic (exact) mass is 254 g/mol. The van der Waals surface area contributed by atoms with Crippen molar-refractivity contribution in [2.75, 3.05) is 10.6 Å². The molecular weight excluding hydrogens is 236 g/mol. The number of urea groups is 1. The van der Waals surface area contributed by atoms with Crippen molar-refractivity contribution in [1.29, 1.82) is 0 Å². The van der Waals surface area contributed by atoms with E-state index in [9.17, 15) is 4.79 Å². The average Bonchev–Trinajstić information content (AvgIpc) is 2.39. The largest absolute Gasteiger partial charge is 0.323 e. The molecule has 2 rings (SSSR count). The summed E-state index contributed by atoms with van der Waals surface area (Å²) in [5.74, 6) is 0. The summed E-state index contributed by atoms with van der Waals surface area (Å²) in [6, 6.07) is 15.3. The number of rotatable bonds is 3. The van der Waals surface area contributed by atoms with Gasteiger partial charge in [-0.1, -0.05) is 37.3 Å². The highest BCUT2D eigenvalue weighted by atomic mass is 16.2. The summed E-state index contributed by atoms with van der Waals surface area (Å²) in [4.78, 5) is 11.9. The van der Waals surface area contributed by atoms with Crippen LogP contribution in [-0.2, 0) is 6.42 Å². The van der Waals surface area contributed by atoms with E-state index in [1.54, 1.807) is 0 Å². The second-order valence-electron chi connectivity index (χ2n) is 4.46. The van der Waals surface area contributed by atoms with Crippen LogP contribution in [0.25, 0.3) is 0 Å². The van der Waals surface area contributed by atoms with E-state index in [-0.39, 0.29) is 6.03 Å². The molecule has 2 amide bonds. The number of aryl methyl sites for hydroxylation is 2. The minimum Gasteiger partial charge on any atom is -0.308 e. The van der Waals surface area contributed by atoms with E-state index >= 15 is 0 Å². The van der Waals surface area contributed by atoms with Gasteiger partial charge in [0.05, 0.1) is 0 Å². The Labute approximate surface area is 113 Å². The Morgan fingerprint density at radius 2 is 1.84 bits per heavy atom. The van der Waals surface area contributed by atoms with E-state index in [1.807, 2.05) is 55.5 Å². The maximum atomic E-state index is 11.9. The summed E-state index contributed by atoms with van der Waals surface area (Å²) in [5.41, 5.74) is 3.90. The smallest absolute Gasteiger partial charge is 0.308 e. The molecule has 0 aromatic heterocycles. The second-order valence-corrected chi connectivity index (χ2v) is 4.46. The third kappa shape index (κ3) is 3.58. The van der Waals surface area contributed by atoms with Gasteiger partial charge in [-0.2, -0.15) is 0 Å². The molecule has 3 nitrogen and oxygen atoms in total. The Morgan fingerprint density at radius 1 is 1.05 bits per heavy atom. The predicted molar refractivity (Wildman–Crippen MR) is 79.6 cm³/mol. The van der Waals surface area contributed by atoms with Crippen molar-refractivity contribution >= 4 is 17.4 Å². The van der Waals surface area contributed by atoms with Crippen LogP contribution in [0.4, 0.5) is 16.2 Å². The molecule has 98 valence electrons. The van der Waals surface area contributed by atoms with E-state index in [0.29, 0.717) is 0 Å². The van der Waals surface area contributed by atoms with Gasteiger partial charge in [-0.15, -0.1) is 0 Å². The molecule has 0 fully saturated rings. The van der Waals surface area contributed by atoms with Crippen LogP contribution in [0.3, 0.4) is 0 Å². The minimum atomic E-state index is -0.216. The molecule has 0 atom stereocenters. The Kier molecular flexibility index (Phi) is 4.18. The number of carbonyl (C=O) groups is 1. The second kappa shape index (κ2) is 6.05. The molecule has 3 heteroatoms. The van der Waals surface area contributed by atoms with Crippen molar-refractivity contribution in [3.05, 3.63) is 59.7 Å². The van der Waals surface area contributed by atoms with Crippen molar-refractivity contribution < 1.29 is 4.79 Å². The van der Waals surface area contributed by atoms with Crippen LogP contribution in [0.1, 0.15) is 18.1 Å². The Morgan fingerprint density at radius 3 is 2.58 bits per heavy atom. The summed E-state index contributed by atoms with van der Waals surface area (Å²) >= 11 is 0. The lowest BCUT2D eigenvalue weighted by molar-refractivity contribution is 0.262. The van der Waals surface area contributed by atoms with Gasteiger partial charge in [-0.3, -0.25) is 0 Å². The third-order valence-electron chi connectivity index (χ3n) is 2.92. The summed E-state index contributed by atoms with van der Waals surface area (Å²) in [6.45, 7) is 4.06. The Bertz CT molecular complexity index is 578. The topological polar surface area (TPSA) is 41.1 Å². The van der Waals surface area contributed by atoms with Crippen LogP contribution in [0.15, 0.2) is 48.5 Å². The molecule has 0 bridgehead atoms. The van der Waals surface area contributed by atoms with E-state index in [0.717, 1.165) is 28.9 Å². The zero-order valence-electron chi connectivity index (χ0n) is 11.2. The lowest BCUT2D eigenvalue weighted by Gasteiger charge is -2.11. The van der Waals surface area contributed by atoms with Gasteiger partial charge in [0.25, 0.3) is 0 Å². The molecule has 0 saturated heterocycles. The molecule has 0 aliphatic carbocycles. The van der Waals surface area contributed by atoms with Crippen molar-refractivity contribution in [2.24, 2.45) is 0 Å². The van der Waals surface area contributed by atoms with Crippen LogP contribution in [0, 0.1) is 6.92 Å². The SMILES string of the molecule is CCc1ccccc1NC(=O)Nc1cccc(C)c1. The minimum absolute atomic E-state index is 0.216. The summed E-state index contributed by atoms with van der Waals surface area (Å²) in [5, 5.41) is 5.71. The molecule has 0 unspecified atom stereocenters. The van der Waals surface area contributed by atoms with Crippen LogP contribution < -0.4 is 10.6 Å². The number of nitrogens with one attached hydrogen (secondary N) is 2. The highest BCUT2D eigenvalue weighted by Gasteiger charge is 2.05. The van der Waals surface area contributed by atoms with Gasteiger partial charge in [0.15, 0.2) is 0 Å². The molecule has 2 aromatic rings. The zero-order chi connectivity index (χ0) is 13.7. The molecule has 0 saturated carbocycles. The Balaban J connectivity index is 2.05. The number of anilines is 2. The predicted octanol–water partition coefficient (Wildman–Crippen LogP) is 4.20. The van der Waals surface area contributed by atoms with Crippen molar-refractivity contribution in [1.82, 2.24) is 0 Å². The normalized spacial score (nSPS) is 10.0. The van der Waals surface area contributed by atoms with Crippen LogP contribution in [-0.4, -0.2) is 6.03 Å². The van der Waals surface area contributed by atoms with Crippen LogP contribution in [0.2, 0.25) is 0 Å². The lowest BCUT2D eigenvalue weighted by Crippen LogP contribution is -2.20. The van der Waals surface area contributed by atoms with Gasteiger partial charge in [0.1, 0.15) is 0 Å². The average molecular weight is 254 g/mol. The molecule has 2 aromatic carbocycles. The maximum absolute atomic E-state index is 11.9. The molecular formula is C16H18N2O. The van der Waals surface area contributed by atoms with Gasteiger partial charge in [0, 0.05) is 11.4 Å². The van der Waals surface area contributed by atoms with Gasteiger partial charge < -0.3 is 10.6 Å². The van der Waals surface area contributed by atoms with Crippen molar-refractivity contribution in [2.45, 2.75) is 20.3 Å². The molecule has 2 N–H and O–H groups in total. The van der Waals surface area contributed by atoms with Crippen LogP contribution in [0.5, 0.6) is 0 Å². The maximum Gasteiger partial charge on any atom is 0.323 e. The summed E-state index contributed by atoms with van der Waals surface area (Å²) in [6.07, 6.45) is 0.890. The van der Waals surface area contributed by atoms with E-state index in [2.05, 4.69) is 17.6 Å². The standard InChI is InChI=1S/C16H18N2O/c1-3-13-8-4-5-10-15(13)18-16(19)17-14-9-6-7-12(2)11-14/h4-11H,3H2,1-2H3,(H2,17,18,19). The number of amides is 2. The highest BCUT2D eigenvalue weighted by Crippen LogP contribution is 2.16. The molecule has 0 radical (unpaired) electrons. The number of hydrogen-bond donors (Lipinski definition) is 2. The Hall–Kier alpha value is -2.29. The quantitative estimate of drug-likeness (QED) is 0.846. The zero-order valence-corrected chi connectivity index (χ0v) is 11.2. The summed E-state index contributed by atoms with van der Waals surface area (Å²) in [7, 11) is 0. The number of hydrogen-bond acceptors (Lipinski definition) is 1. The van der Waals surface area contributed by atoms with Gasteiger partial charge in [-0.05, 0) is 42.7 Å². The number of para-hydroxylation sites is 1. The molecule has 19 heavy (non-hydrogen) atoms. The fraction of sp³-hybridized carbons (Fsp3) is 0.188. The van der Waals surface area contributed by atoms with Crippen molar-refractivity contribution in [3.8, 4) is 0 Å². The van der Waals surface area contributed by atoms with Crippen LogP contribution >= 0.6 is 0 Å². The molecule has 0 spiro atoms. The number of benzene rings is 2. The molecule has 0 aliphatic heterocycles. The van der Waals surface area contributed by atoms with Crippen molar-refractivity contribution in [3.63, 3.8) is 0 Å². The highest BCUT2D eigenvalue weighted by molar-refractivity contribution is 6.00. The summed E-state index contributed by atoms with van der Waals surface area (Å²) < 4.78 is 0. The van der Waals surface area contributed by atoms with E-state index < -0.39 is 0 Å².